The standard InChI is InChI=1S/C23H21FN6O4S2/c1-13(31)25-16-4-6-17(7-5-16)26-19(32)12-35-23-29-28-22(36-23)27-21(34)14-10-20(33)30(11-14)18-8-2-15(24)3-9-18/h2-9,14H,10-12H2,1H3,(H,25,31)(H,26,32)(H,27,28,34)/t14-/m0/s1. The molecule has 186 valence electrons. The van der Waals surface area contributed by atoms with Crippen LogP contribution in [0.1, 0.15) is 13.3 Å². The molecule has 1 aromatic heterocycles. The van der Waals surface area contributed by atoms with Crippen molar-refractivity contribution in [2.24, 2.45) is 5.92 Å². The highest BCUT2D eigenvalue weighted by Crippen LogP contribution is 2.29. The van der Waals surface area contributed by atoms with Gasteiger partial charge in [-0.2, -0.15) is 0 Å². The molecule has 3 aromatic rings. The average molecular weight is 529 g/mol. The van der Waals surface area contributed by atoms with Gasteiger partial charge in [-0.05, 0) is 48.5 Å². The molecule has 1 saturated heterocycles. The molecule has 0 spiro atoms. The number of rotatable bonds is 8. The van der Waals surface area contributed by atoms with Gasteiger partial charge in [0.25, 0.3) is 0 Å². The highest BCUT2D eigenvalue weighted by atomic mass is 32.2. The Morgan fingerprint density at radius 3 is 2.36 bits per heavy atom. The normalized spacial score (nSPS) is 15.0. The van der Waals surface area contributed by atoms with E-state index >= 15 is 0 Å². The first-order chi connectivity index (χ1) is 17.3. The second kappa shape index (κ2) is 11.3. The topological polar surface area (TPSA) is 133 Å². The third-order valence-electron chi connectivity index (χ3n) is 5.09. The zero-order valence-corrected chi connectivity index (χ0v) is 20.6. The fraction of sp³-hybridized carbons (Fsp3) is 0.217. The summed E-state index contributed by atoms with van der Waals surface area (Å²) in [6.45, 7) is 1.60. The predicted octanol–water partition coefficient (Wildman–Crippen LogP) is 3.36. The summed E-state index contributed by atoms with van der Waals surface area (Å²) in [5, 5.41) is 16.3. The molecule has 0 bridgehead atoms. The number of carbonyl (C=O) groups excluding carboxylic acids is 4. The molecule has 0 unspecified atom stereocenters. The van der Waals surface area contributed by atoms with Gasteiger partial charge >= 0.3 is 0 Å². The minimum Gasteiger partial charge on any atom is -0.326 e. The second-order valence-electron chi connectivity index (χ2n) is 7.84. The van der Waals surface area contributed by atoms with Gasteiger partial charge < -0.3 is 20.9 Å². The van der Waals surface area contributed by atoms with Crippen LogP contribution < -0.4 is 20.9 Å². The monoisotopic (exact) mass is 528 g/mol. The Morgan fingerprint density at radius 1 is 1.03 bits per heavy atom. The van der Waals surface area contributed by atoms with E-state index in [9.17, 15) is 23.6 Å². The molecule has 10 nitrogen and oxygen atoms in total. The minimum absolute atomic E-state index is 0.0373. The van der Waals surface area contributed by atoms with E-state index in [0.717, 1.165) is 11.3 Å². The van der Waals surface area contributed by atoms with Crippen molar-refractivity contribution >= 4 is 68.9 Å². The first kappa shape index (κ1) is 25.3. The van der Waals surface area contributed by atoms with Gasteiger partial charge in [-0.15, -0.1) is 10.2 Å². The Bertz CT molecular complexity index is 1280. The lowest BCUT2D eigenvalue weighted by atomic mass is 10.1. The second-order valence-corrected chi connectivity index (χ2v) is 10.0. The summed E-state index contributed by atoms with van der Waals surface area (Å²) >= 11 is 2.29. The smallest absolute Gasteiger partial charge is 0.234 e. The molecule has 13 heteroatoms. The number of benzene rings is 2. The molecule has 1 aliphatic heterocycles. The van der Waals surface area contributed by atoms with Crippen molar-refractivity contribution in [3.8, 4) is 0 Å². The molecule has 36 heavy (non-hydrogen) atoms. The number of thioether (sulfide) groups is 1. The maximum absolute atomic E-state index is 13.2. The zero-order valence-electron chi connectivity index (χ0n) is 19.0. The van der Waals surface area contributed by atoms with Crippen LogP contribution in [0.2, 0.25) is 0 Å². The Morgan fingerprint density at radius 2 is 1.69 bits per heavy atom. The average Bonchev–Trinajstić information content (AvgIpc) is 3.45. The van der Waals surface area contributed by atoms with Crippen molar-refractivity contribution in [2.45, 2.75) is 17.7 Å². The van der Waals surface area contributed by atoms with Gasteiger partial charge in [-0.1, -0.05) is 23.1 Å². The SMILES string of the molecule is CC(=O)Nc1ccc(NC(=O)CSc2nnc(NC(=O)[C@H]3CC(=O)N(c4ccc(F)cc4)C3)s2)cc1. The molecular formula is C23H21FN6O4S2. The summed E-state index contributed by atoms with van der Waals surface area (Å²) in [7, 11) is 0. The summed E-state index contributed by atoms with van der Waals surface area (Å²) in [5.74, 6) is -1.91. The number of hydrogen-bond acceptors (Lipinski definition) is 8. The van der Waals surface area contributed by atoms with Gasteiger partial charge in [0.2, 0.25) is 28.8 Å². The Labute approximate surface area is 213 Å². The zero-order chi connectivity index (χ0) is 25.7. The molecule has 1 atom stereocenters. The predicted molar refractivity (Wildman–Crippen MR) is 135 cm³/mol. The van der Waals surface area contributed by atoms with Crippen LogP contribution in [0.4, 0.5) is 26.6 Å². The van der Waals surface area contributed by atoms with Crippen LogP contribution >= 0.6 is 23.1 Å². The summed E-state index contributed by atoms with van der Waals surface area (Å²) in [4.78, 5) is 49.7. The van der Waals surface area contributed by atoms with E-state index in [0.29, 0.717) is 21.4 Å². The first-order valence-electron chi connectivity index (χ1n) is 10.8. The van der Waals surface area contributed by atoms with E-state index in [1.54, 1.807) is 24.3 Å². The van der Waals surface area contributed by atoms with Crippen molar-refractivity contribution in [3.63, 3.8) is 0 Å². The quantitative estimate of drug-likeness (QED) is 0.302. The van der Waals surface area contributed by atoms with E-state index in [-0.39, 0.29) is 47.5 Å². The van der Waals surface area contributed by atoms with Gasteiger partial charge in [0.05, 0.1) is 11.7 Å². The maximum atomic E-state index is 13.2. The molecule has 0 saturated carbocycles. The van der Waals surface area contributed by atoms with E-state index in [2.05, 4.69) is 26.1 Å². The number of nitrogens with one attached hydrogen (secondary N) is 3. The van der Waals surface area contributed by atoms with Crippen molar-refractivity contribution < 1.29 is 23.6 Å². The van der Waals surface area contributed by atoms with Crippen molar-refractivity contribution in [1.29, 1.82) is 0 Å². The lowest BCUT2D eigenvalue weighted by Gasteiger charge is -2.16. The minimum atomic E-state index is -0.578. The highest BCUT2D eigenvalue weighted by Gasteiger charge is 2.35. The van der Waals surface area contributed by atoms with Gasteiger partial charge in [0, 0.05) is 37.0 Å². The number of anilines is 4. The molecule has 0 radical (unpaired) electrons. The van der Waals surface area contributed by atoms with Gasteiger partial charge in [0.1, 0.15) is 5.82 Å². The van der Waals surface area contributed by atoms with Crippen LogP contribution in [-0.4, -0.2) is 46.1 Å². The number of halogens is 1. The number of hydrogen-bond donors (Lipinski definition) is 3. The van der Waals surface area contributed by atoms with Crippen LogP contribution in [0, 0.1) is 11.7 Å². The van der Waals surface area contributed by atoms with E-state index in [1.807, 2.05) is 0 Å². The molecule has 0 aliphatic carbocycles. The Kier molecular flexibility index (Phi) is 7.90. The molecule has 4 amide bonds. The number of aromatic nitrogens is 2. The Hall–Kier alpha value is -3.84. The third-order valence-corrected chi connectivity index (χ3v) is 7.06. The number of nitrogens with zero attached hydrogens (tertiary/aromatic N) is 3. The molecule has 2 aromatic carbocycles. The summed E-state index contributed by atoms with van der Waals surface area (Å²) in [5.41, 5.74) is 1.75. The highest BCUT2D eigenvalue weighted by molar-refractivity contribution is 8.01. The summed E-state index contributed by atoms with van der Waals surface area (Å²) in [6.07, 6.45) is 0.0373. The van der Waals surface area contributed by atoms with Gasteiger partial charge in [0.15, 0.2) is 4.34 Å². The molecule has 1 aliphatic rings. The van der Waals surface area contributed by atoms with Crippen LogP contribution in [-0.2, 0) is 19.2 Å². The van der Waals surface area contributed by atoms with Crippen molar-refractivity contribution in [2.75, 3.05) is 33.1 Å². The molecule has 4 rings (SSSR count). The van der Waals surface area contributed by atoms with Gasteiger partial charge in [-0.3, -0.25) is 19.2 Å². The maximum Gasteiger partial charge on any atom is 0.234 e. The van der Waals surface area contributed by atoms with Crippen LogP contribution in [0.15, 0.2) is 52.9 Å². The lowest BCUT2D eigenvalue weighted by Crippen LogP contribution is -2.28. The fourth-order valence-corrected chi connectivity index (χ4v) is 5.00. The van der Waals surface area contributed by atoms with Crippen molar-refractivity contribution in [3.05, 3.63) is 54.3 Å². The molecule has 3 N–H and O–H groups in total. The van der Waals surface area contributed by atoms with E-state index in [1.165, 1.54) is 47.9 Å². The fourth-order valence-electron chi connectivity index (χ4n) is 3.44. The third kappa shape index (κ3) is 6.64. The number of carbonyl (C=O) groups is 4. The molecule has 2 heterocycles. The summed E-state index contributed by atoms with van der Waals surface area (Å²) < 4.78 is 13.6. The number of amides is 4. The largest absolute Gasteiger partial charge is 0.326 e. The van der Waals surface area contributed by atoms with E-state index < -0.39 is 11.7 Å². The Balaban J connectivity index is 1.24. The first-order valence-corrected chi connectivity index (χ1v) is 12.6. The molecular weight excluding hydrogens is 507 g/mol. The van der Waals surface area contributed by atoms with Crippen molar-refractivity contribution in [1.82, 2.24) is 10.2 Å². The summed E-state index contributed by atoms with van der Waals surface area (Å²) in [6, 6.07) is 12.2. The van der Waals surface area contributed by atoms with Crippen LogP contribution in [0.3, 0.4) is 0 Å². The van der Waals surface area contributed by atoms with E-state index in [4.69, 9.17) is 0 Å². The van der Waals surface area contributed by atoms with Crippen LogP contribution in [0.5, 0.6) is 0 Å². The van der Waals surface area contributed by atoms with Gasteiger partial charge in [-0.25, -0.2) is 4.39 Å². The van der Waals surface area contributed by atoms with Crippen LogP contribution in [0.25, 0.3) is 0 Å². The lowest BCUT2D eigenvalue weighted by molar-refractivity contribution is -0.122. The molecule has 1 fully saturated rings.